The number of aliphatic carboxylic acids is 1. The summed E-state index contributed by atoms with van der Waals surface area (Å²) in [5.74, 6) is -0.697. The fourth-order valence-corrected chi connectivity index (χ4v) is 5.02. The van der Waals surface area contributed by atoms with Gasteiger partial charge < -0.3 is 14.7 Å². The molecular weight excluding hydrogens is 342 g/mol. The maximum Gasteiger partial charge on any atom is 0.409 e. The molecule has 1 amide bonds. The van der Waals surface area contributed by atoms with Crippen molar-refractivity contribution in [1.29, 1.82) is 0 Å². The number of carboxylic acids is 1. The average molecular weight is 363 g/mol. The number of rotatable bonds is 3. The first-order valence-electron chi connectivity index (χ1n) is 9.43. The Morgan fingerprint density at radius 3 is 2.22 bits per heavy atom. The molecule has 5 heteroatoms. The van der Waals surface area contributed by atoms with Crippen LogP contribution in [-0.2, 0) is 9.53 Å². The molecule has 1 saturated carbocycles. The van der Waals surface area contributed by atoms with Gasteiger partial charge in [0.1, 0.15) is 6.61 Å². The summed E-state index contributed by atoms with van der Waals surface area (Å²) in [5.41, 5.74) is 3.99. The molecule has 138 valence electrons. The summed E-state index contributed by atoms with van der Waals surface area (Å²) in [5, 5.41) is 9.54. The monoisotopic (exact) mass is 363 g/mol. The van der Waals surface area contributed by atoms with Crippen molar-refractivity contribution in [2.75, 3.05) is 19.7 Å². The van der Waals surface area contributed by atoms with Crippen molar-refractivity contribution in [3.05, 3.63) is 59.7 Å². The molecule has 0 bridgehead atoms. The Morgan fingerprint density at radius 2 is 1.70 bits per heavy atom. The fourth-order valence-electron chi connectivity index (χ4n) is 5.02. The molecule has 27 heavy (non-hydrogen) atoms. The lowest BCUT2D eigenvalue weighted by atomic mass is 9.62. The normalized spacial score (nSPS) is 25.3. The van der Waals surface area contributed by atoms with Crippen LogP contribution in [0.5, 0.6) is 0 Å². The first-order chi connectivity index (χ1) is 13.1. The number of hydrogen-bond acceptors (Lipinski definition) is 3. The van der Waals surface area contributed by atoms with E-state index in [1.165, 1.54) is 22.3 Å². The first kappa shape index (κ1) is 16.4. The predicted molar refractivity (Wildman–Crippen MR) is 99.4 cm³/mol. The molecule has 1 N–H and O–H groups in total. The van der Waals surface area contributed by atoms with Gasteiger partial charge in [0.25, 0.3) is 0 Å². The largest absolute Gasteiger partial charge is 0.481 e. The highest BCUT2D eigenvalue weighted by molar-refractivity contribution is 5.80. The molecular formula is C22H21NO4. The SMILES string of the molecule is O=C(OCC1c2ccccc2-c2ccccc21)N1C[C@@H]2CC[C@]2(C(=O)O)C1. The van der Waals surface area contributed by atoms with Crippen LogP contribution in [0.4, 0.5) is 4.79 Å². The van der Waals surface area contributed by atoms with Crippen molar-refractivity contribution in [2.24, 2.45) is 11.3 Å². The molecule has 0 radical (unpaired) electrons. The standard InChI is InChI=1S/C22H21NO4/c24-20(25)22-10-9-14(22)11-23(13-22)21(26)27-12-19-17-7-3-1-5-15(17)16-6-2-4-8-18(16)19/h1-8,14,19H,9-13H2,(H,24,25)/t14-,22-/m0/s1. The highest BCUT2D eigenvalue weighted by atomic mass is 16.6. The van der Waals surface area contributed by atoms with Crippen molar-refractivity contribution in [1.82, 2.24) is 4.90 Å². The molecule has 5 nitrogen and oxygen atoms in total. The highest BCUT2D eigenvalue weighted by Gasteiger charge is 2.59. The van der Waals surface area contributed by atoms with Crippen molar-refractivity contribution >= 4 is 12.1 Å². The molecule has 1 aliphatic heterocycles. The van der Waals surface area contributed by atoms with Crippen LogP contribution in [0.25, 0.3) is 11.1 Å². The molecule has 0 spiro atoms. The van der Waals surface area contributed by atoms with E-state index < -0.39 is 17.5 Å². The zero-order valence-electron chi connectivity index (χ0n) is 14.9. The zero-order chi connectivity index (χ0) is 18.6. The van der Waals surface area contributed by atoms with Gasteiger partial charge in [-0.1, -0.05) is 48.5 Å². The van der Waals surface area contributed by atoms with Crippen LogP contribution in [0.3, 0.4) is 0 Å². The van der Waals surface area contributed by atoms with Crippen LogP contribution in [0.1, 0.15) is 29.9 Å². The summed E-state index contributed by atoms with van der Waals surface area (Å²) < 4.78 is 5.67. The van der Waals surface area contributed by atoms with Gasteiger partial charge in [0.15, 0.2) is 0 Å². The number of carbonyl (C=O) groups excluding carboxylic acids is 1. The van der Waals surface area contributed by atoms with Gasteiger partial charge >= 0.3 is 12.1 Å². The van der Waals surface area contributed by atoms with Gasteiger partial charge in [-0.15, -0.1) is 0 Å². The van der Waals surface area contributed by atoms with E-state index in [0.717, 1.165) is 6.42 Å². The van der Waals surface area contributed by atoms with E-state index in [9.17, 15) is 14.7 Å². The second-order valence-corrected chi connectivity index (χ2v) is 7.88. The molecule has 2 fully saturated rings. The van der Waals surface area contributed by atoms with Crippen LogP contribution in [0.15, 0.2) is 48.5 Å². The number of likely N-dealkylation sites (tertiary alicyclic amines) is 1. The van der Waals surface area contributed by atoms with Crippen molar-refractivity contribution in [3.63, 3.8) is 0 Å². The van der Waals surface area contributed by atoms with Gasteiger partial charge in [-0.25, -0.2) is 4.79 Å². The number of carboxylic acid groups (broad SMARTS) is 1. The third kappa shape index (κ3) is 2.30. The summed E-state index contributed by atoms with van der Waals surface area (Å²) in [4.78, 5) is 25.8. The number of carbonyl (C=O) groups is 2. The summed E-state index contributed by atoms with van der Waals surface area (Å²) in [6.07, 6.45) is 1.13. The van der Waals surface area contributed by atoms with Crippen LogP contribution in [0.2, 0.25) is 0 Å². The third-order valence-electron chi connectivity index (χ3n) is 6.65. The van der Waals surface area contributed by atoms with Gasteiger partial charge in [-0.3, -0.25) is 4.79 Å². The maximum absolute atomic E-state index is 12.6. The lowest BCUT2D eigenvalue weighted by Gasteiger charge is -2.39. The van der Waals surface area contributed by atoms with Crippen molar-refractivity contribution in [3.8, 4) is 11.1 Å². The lowest BCUT2D eigenvalue weighted by Crippen LogP contribution is -2.46. The van der Waals surface area contributed by atoms with Crippen LogP contribution < -0.4 is 0 Å². The molecule has 3 aliphatic rings. The molecule has 0 aromatic heterocycles. The Hall–Kier alpha value is -2.82. The number of amides is 1. The molecule has 0 unspecified atom stereocenters. The zero-order valence-corrected chi connectivity index (χ0v) is 14.9. The molecule has 2 aromatic carbocycles. The molecule has 5 rings (SSSR count). The van der Waals surface area contributed by atoms with Crippen molar-refractivity contribution < 1.29 is 19.4 Å². The van der Waals surface area contributed by atoms with E-state index in [0.29, 0.717) is 13.0 Å². The Labute approximate surface area is 157 Å². The van der Waals surface area contributed by atoms with E-state index in [2.05, 4.69) is 24.3 Å². The third-order valence-corrected chi connectivity index (χ3v) is 6.65. The van der Waals surface area contributed by atoms with Gasteiger partial charge in [-0.05, 0) is 41.0 Å². The fraction of sp³-hybridized carbons (Fsp3) is 0.364. The van der Waals surface area contributed by atoms with Crippen LogP contribution in [-0.4, -0.2) is 41.8 Å². The minimum Gasteiger partial charge on any atom is -0.481 e. The molecule has 2 aromatic rings. The summed E-state index contributed by atoms with van der Waals surface area (Å²) in [6.45, 7) is 1.03. The first-order valence-corrected chi connectivity index (χ1v) is 9.43. The van der Waals surface area contributed by atoms with Gasteiger partial charge in [-0.2, -0.15) is 0 Å². The van der Waals surface area contributed by atoms with Crippen LogP contribution in [0, 0.1) is 11.3 Å². The molecule has 1 saturated heterocycles. The lowest BCUT2D eigenvalue weighted by molar-refractivity contribution is -0.156. The molecule has 2 aliphatic carbocycles. The Bertz CT molecular complexity index is 894. The van der Waals surface area contributed by atoms with Gasteiger partial charge in [0, 0.05) is 19.0 Å². The molecule has 2 atom stereocenters. The van der Waals surface area contributed by atoms with E-state index in [1.807, 2.05) is 24.3 Å². The summed E-state index contributed by atoms with van der Waals surface area (Å²) in [6, 6.07) is 16.4. The Kier molecular flexibility index (Phi) is 3.54. The summed E-state index contributed by atoms with van der Waals surface area (Å²) >= 11 is 0. The van der Waals surface area contributed by atoms with Crippen LogP contribution >= 0.6 is 0 Å². The number of hydrogen-bond donors (Lipinski definition) is 1. The highest BCUT2D eigenvalue weighted by Crippen LogP contribution is 2.52. The number of nitrogens with zero attached hydrogens (tertiary/aromatic N) is 1. The number of benzene rings is 2. The summed E-state index contributed by atoms with van der Waals surface area (Å²) in [7, 11) is 0. The minimum absolute atomic E-state index is 0.0223. The minimum atomic E-state index is -0.785. The van der Waals surface area contributed by atoms with E-state index in [4.69, 9.17) is 4.74 Å². The Balaban J connectivity index is 1.32. The molecule has 1 heterocycles. The second kappa shape index (κ2) is 5.84. The van der Waals surface area contributed by atoms with Crippen molar-refractivity contribution in [2.45, 2.75) is 18.8 Å². The number of fused-ring (bicyclic) bond motifs is 4. The van der Waals surface area contributed by atoms with Gasteiger partial charge in [0.05, 0.1) is 5.41 Å². The average Bonchev–Trinajstić information content (AvgIpc) is 3.13. The van der Waals surface area contributed by atoms with Gasteiger partial charge in [0.2, 0.25) is 0 Å². The predicted octanol–water partition coefficient (Wildman–Crippen LogP) is 3.73. The quantitative estimate of drug-likeness (QED) is 0.902. The number of ether oxygens (including phenoxy) is 1. The van der Waals surface area contributed by atoms with E-state index >= 15 is 0 Å². The second-order valence-electron chi connectivity index (χ2n) is 7.88. The topological polar surface area (TPSA) is 66.8 Å². The van der Waals surface area contributed by atoms with E-state index in [1.54, 1.807) is 4.90 Å². The van der Waals surface area contributed by atoms with E-state index in [-0.39, 0.29) is 25.0 Å². The smallest absolute Gasteiger partial charge is 0.409 e. The maximum atomic E-state index is 12.6. The Morgan fingerprint density at radius 1 is 1.07 bits per heavy atom.